The molecule has 1 unspecified atom stereocenters. The zero-order valence-corrected chi connectivity index (χ0v) is 14.2. The summed E-state index contributed by atoms with van der Waals surface area (Å²) < 4.78 is 6.96. The van der Waals surface area contributed by atoms with Crippen molar-refractivity contribution in [3.8, 4) is 10.4 Å². The van der Waals surface area contributed by atoms with Crippen molar-refractivity contribution < 1.29 is 4.74 Å². The highest BCUT2D eigenvalue weighted by molar-refractivity contribution is 7.22. The van der Waals surface area contributed by atoms with Crippen LogP contribution in [0.3, 0.4) is 0 Å². The highest BCUT2D eigenvalue weighted by Gasteiger charge is 2.29. The van der Waals surface area contributed by atoms with Crippen LogP contribution in [0, 0.1) is 6.92 Å². The van der Waals surface area contributed by atoms with E-state index in [0.29, 0.717) is 6.61 Å². The molecule has 0 saturated carbocycles. The number of hydrogen-bond acceptors (Lipinski definition) is 6. The molecule has 0 amide bonds. The maximum Gasteiger partial charge on any atom is 0.148 e. The van der Waals surface area contributed by atoms with Crippen LogP contribution >= 0.6 is 11.3 Å². The first-order valence-electron chi connectivity index (χ1n) is 7.66. The van der Waals surface area contributed by atoms with Gasteiger partial charge >= 0.3 is 0 Å². The molecule has 0 spiro atoms. The van der Waals surface area contributed by atoms with E-state index in [1.54, 1.807) is 11.3 Å². The van der Waals surface area contributed by atoms with E-state index in [-0.39, 0.29) is 11.6 Å². The van der Waals surface area contributed by atoms with Crippen LogP contribution in [0.2, 0.25) is 0 Å². The van der Waals surface area contributed by atoms with E-state index in [9.17, 15) is 0 Å². The highest BCUT2D eigenvalue weighted by atomic mass is 32.1. The van der Waals surface area contributed by atoms with Crippen molar-refractivity contribution in [2.45, 2.75) is 32.4 Å². The Morgan fingerprint density at radius 1 is 1.35 bits per heavy atom. The fourth-order valence-corrected chi connectivity index (χ4v) is 3.74. The van der Waals surface area contributed by atoms with Gasteiger partial charge in [0.2, 0.25) is 0 Å². The monoisotopic (exact) mass is 329 g/mol. The Balaban J connectivity index is 1.65. The van der Waals surface area contributed by atoms with Crippen molar-refractivity contribution in [3.63, 3.8) is 0 Å². The molecule has 7 heteroatoms. The van der Waals surface area contributed by atoms with Gasteiger partial charge in [0.15, 0.2) is 0 Å². The second-order valence-corrected chi connectivity index (χ2v) is 7.58. The minimum absolute atomic E-state index is 0.0476. The van der Waals surface area contributed by atoms with Crippen molar-refractivity contribution in [2.75, 3.05) is 13.2 Å². The van der Waals surface area contributed by atoms with Gasteiger partial charge in [-0.2, -0.15) is 5.10 Å². The number of hydrogen-bond donors (Lipinski definition) is 2. The standard InChI is InChI=1S/C16H19N5OS/c1-9-10(5-19-21-9)13-4-11-14(23-13)6-17-15(20-11)12-7-22-16(2,3)8-18-12/h4-6,12,18H,7-8H2,1-3H3,(H,19,21). The second kappa shape index (κ2) is 5.36. The Kier molecular flexibility index (Phi) is 3.44. The zero-order chi connectivity index (χ0) is 16.0. The summed E-state index contributed by atoms with van der Waals surface area (Å²) in [6.07, 6.45) is 3.76. The predicted octanol–water partition coefficient (Wildman–Crippen LogP) is 2.83. The molecule has 1 fully saturated rings. The molecule has 1 atom stereocenters. The van der Waals surface area contributed by atoms with E-state index in [1.807, 2.05) is 19.3 Å². The van der Waals surface area contributed by atoms with Crippen LogP contribution in [0.5, 0.6) is 0 Å². The number of aromatic nitrogens is 4. The molecule has 4 heterocycles. The number of H-pyrrole nitrogens is 1. The topological polar surface area (TPSA) is 75.7 Å². The molecular weight excluding hydrogens is 310 g/mol. The van der Waals surface area contributed by atoms with Crippen molar-refractivity contribution in [1.82, 2.24) is 25.5 Å². The molecule has 1 aliphatic heterocycles. The van der Waals surface area contributed by atoms with Gasteiger partial charge in [0.1, 0.15) is 5.82 Å². The maximum atomic E-state index is 5.87. The van der Waals surface area contributed by atoms with Crippen LogP contribution in [-0.4, -0.2) is 38.9 Å². The number of fused-ring (bicyclic) bond motifs is 1. The minimum Gasteiger partial charge on any atom is -0.372 e. The van der Waals surface area contributed by atoms with Gasteiger partial charge in [-0.3, -0.25) is 5.10 Å². The lowest BCUT2D eigenvalue weighted by Gasteiger charge is -2.35. The summed E-state index contributed by atoms with van der Waals surface area (Å²) in [5.74, 6) is 0.793. The quantitative estimate of drug-likeness (QED) is 0.756. The lowest BCUT2D eigenvalue weighted by atomic mass is 10.1. The van der Waals surface area contributed by atoms with Crippen molar-refractivity contribution in [2.24, 2.45) is 0 Å². The lowest BCUT2D eigenvalue weighted by molar-refractivity contribution is -0.0599. The SMILES string of the molecule is Cc1[nH]ncc1-c1cc2nc(C3COC(C)(C)CN3)ncc2s1. The summed E-state index contributed by atoms with van der Waals surface area (Å²) in [4.78, 5) is 10.4. The third-order valence-corrected chi connectivity index (χ3v) is 5.20. The Labute approximate surface area is 138 Å². The summed E-state index contributed by atoms with van der Waals surface area (Å²) in [5.41, 5.74) is 3.03. The van der Waals surface area contributed by atoms with E-state index < -0.39 is 0 Å². The molecule has 120 valence electrons. The maximum absolute atomic E-state index is 5.87. The summed E-state index contributed by atoms with van der Waals surface area (Å²) >= 11 is 1.69. The first-order chi connectivity index (χ1) is 11.0. The molecule has 23 heavy (non-hydrogen) atoms. The molecule has 3 aromatic rings. The van der Waals surface area contributed by atoms with Crippen LogP contribution in [0.1, 0.15) is 31.4 Å². The van der Waals surface area contributed by atoms with Crippen LogP contribution < -0.4 is 5.32 Å². The number of aromatic amines is 1. The zero-order valence-electron chi connectivity index (χ0n) is 13.4. The molecule has 1 aliphatic rings. The van der Waals surface area contributed by atoms with Crippen LogP contribution in [0.15, 0.2) is 18.5 Å². The van der Waals surface area contributed by atoms with E-state index >= 15 is 0 Å². The molecule has 3 aromatic heterocycles. The number of ether oxygens (including phenoxy) is 1. The molecule has 0 aliphatic carbocycles. The molecule has 0 bridgehead atoms. The van der Waals surface area contributed by atoms with Crippen LogP contribution in [0.25, 0.3) is 20.7 Å². The van der Waals surface area contributed by atoms with Gasteiger partial charge in [-0.05, 0) is 26.8 Å². The van der Waals surface area contributed by atoms with Crippen molar-refractivity contribution in [3.05, 3.63) is 30.0 Å². The summed E-state index contributed by atoms with van der Waals surface area (Å²) in [7, 11) is 0. The van der Waals surface area contributed by atoms with E-state index in [1.165, 1.54) is 0 Å². The number of rotatable bonds is 2. The van der Waals surface area contributed by atoms with Gasteiger partial charge in [0, 0.05) is 28.9 Å². The Morgan fingerprint density at radius 3 is 2.91 bits per heavy atom. The summed E-state index contributed by atoms with van der Waals surface area (Å²) in [6, 6.07) is 2.16. The van der Waals surface area contributed by atoms with E-state index in [2.05, 4.69) is 40.4 Å². The molecule has 0 aromatic carbocycles. The van der Waals surface area contributed by atoms with Gasteiger partial charge in [-0.1, -0.05) is 0 Å². The number of nitrogens with zero attached hydrogens (tertiary/aromatic N) is 3. The molecule has 2 N–H and O–H groups in total. The first-order valence-corrected chi connectivity index (χ1v) is 8.48. The Hall–Kier alpha value is -1.83. The van der Waals surface area contributed by atoms with Crippen LogP contribution in [-0.2, 0) is 4.74 Å². The number of nitrogens with one attached hydrogen (secondary N) is 2. The molecular formula is C16H19N5OS. The smallest absolute Gasteiger partial charge is 0.148 e. The summed E-state index contributed by atoms with van der Waals surface area (Å²) in [6.45, 7) is 7.57. The lowest BCUT2D eigenvalue weighted by Crippen LogP contribution is -2.47. The number of morpholine rings is 1. The third-order valence-electron chi connectivity index (χ3n) is 4.11. The van der Waals surface area contributed by atoms with Gasteiger partial charge in [0.05, 0.1) is 34.7 Å². The molecule has 1 saturated heterocycles. The Morgan fingerprint density at radius 2 is 2.22 bits per heavy atom. The first kappa shape index (κ1) is 14.7. The largest absolute Gasteiger partial charge is 0.372 e. The van der Waals surface area contributed by atoms with Gasteiger partial charge < -0.3 is 10.1 Å². The molecule has 6 nitrogen and oxygen atoms in total. The average Bonchev–Trinajstić information content (AvgIpc) is 3.11. The predicted molar refractivity (Wildman–Crippen MR) is 90.5 cm³/mol. The Bertz CT molecular complexity index is 843. The van der Waals surface area contributed by atoms with E-state index in [0.717, 1.165) is 38.7 Å². The fourth-order valence-electron chi connectivity index (χ4n) is 2.71. The number of aryl methyl sites for hydroxylation is 1. The number of thiophene rings is 1. The van der Waals surface area contributed by atoms with Crippen molar-refractivity contribution in [1.29, 1.82) is 0 Å². The van der Waals surface area contributed by atoms with Crippen molar-refractivity contribution >= 4 is 21.6 Å². The minimum atomic E-state index is -0.130. The summed E-state index contributed by atoms with van der Waals surface area (Å²) in [5, 5.41) is 10.5. The second-order valence-electron chi connectivity index (χ2n) is 6.50. The van der Waals surface area contributed by atoms with Gasteiger partial charge in [-0.25, -0.2) is 9.97 Å². The third kappa shape index (κ3) is 2.75. The van der Waals surface area contributed by atoms with Gasteiger partial charge in [0.25, 0.3) is 0 Å². The van der Waals surface area contributed by atoms with E-state index in [4.69, 9.17) is 9.72 Å². The fraction of sp³-hybridized carbons (Fsp3) is 0.438. The normalized spacial score (nSPS) is 20.9. The average molecular weight is 329 g/mol. The van der Waals surface area contributed by atoms with Crippen LogP contribution in [0.4, 0.5) is 0 Å². The highest BCUT2D eigenvalue weighted by Crippen LogP contribution is 2.34. The molecule has 0 radical (unpaired) electrons. The molecule has 4 rings (SSSR count). The van der Waals surface area contributed by atoms with Gasteiger partial charge in [-0.15, -0.1) is 11.3 Å².